The Labute approximate surface area is 126 Å². The zero-order chi connectivity index (χ0) is 16.2. The van der Waals surface area contributed by atoms with Crippen molar-refractivity contribution in [3.8, 4) is 0 Å². The maximum Gasteiger partial charge on any atom is 0.326 e. The van der Waals surface area contributed by atoms with E-state index in [4.69, 9.17) is 5.11 Å². The van der Waals surface area contributed by atoms with E-state index < -0.39 is 41.9 Å². The van der Waals surface area contributed by atoms with Gasteiger partial charge in [0.15, 0.2) is 0 Å². The first kappa shape index (κ1) is 17.3. The van der Waals surface area contributed by atoms with E-state index in [1.165, 1.54) is 25.6 Å². The standard InChI is InChI=1S/C12H19N3O5S/c1-12(2)10(19)15(11(20)14-12)6-8(16)13-7(9(17)18)4-5-21-3/h7H,4-6H2,1-3H3,(H,13,16)(H,14,20)(H,17,18)/t7-/m1/s1. The van der Waals surface area contributed by atoms with Crippen LogP contribution in [0.1, 0.15) is 20.3 Å². The van der Waals surface area contributed by atoms with Crippen LogP contribution in [0, 0.1) is 0 Å². The molecule has 9 heteroatoms. The Morgan fingerprint density at radius 1 is 1.43 bits per heavy atom. The number of carboxylic acids is 1. The molecular weight excluding hydrogens is 298 g/mol. The summed E-state index contributed by atoms with van der Waals surface area (Å²) in [5.41, 5.74) is -1.05. The molecule has 0 bridgehead atoms. The fraction of sp³-hybridized carbons (Fsp3) is 0.667. The normalized spacial score (nSPS) is 18.3. The molecule has 0 saturated carbocycles. The number of carboxylic acid groups (broad SMARTS) is 1. The van der Waals surface area contributed by atoms with E-state index in [1.807, 2.05) is 6.26 Å². The third-order valence-electron chi connectivity index (χ3n) is 2.99. The van der Waals surface area contributed by atoms with Crippen molar-refractivity contribution in [1.82, 2.24) is 15.5 Å². The first-order chi connectivity index (χ1) is 9.69. The molecule has 0 aromatic carbocycles. The highest BCUT2D eigenvalue weighted by Crippen LogP contribution is 2.16. The van der Waals surface area contributed by atoms with Crippen LogP contribution in [0.15, 0.2) is 0 Å². The van der Waals surface area contributed by atoms with Gasteiger partial charge in [-0.15, -0.1) is 0 Å². The number of carbonyl (C=O) groups is 4. The van der Waals surface area contributed by atoms with Crippen molar-refractivity contribution in [2.45, 2.75) is 31.8 Å². The molecule has 3 N–H and O–H groups in total. The summed E-state index contributed by atoms with van der Waals surface area (Å²) in [5.74, 6) is -1.76. The maximum absolute atomic E-state index is 11.9. The topological polar surface area (TPSA) is 116 Å². The molecule has 1 aliphatic rings. The molecule has 8 nitrogen and oxygen atoms in total. The summed E-state index contributed by atoms with van der Waals surface area (Å²) in [7, 11) is 0. The minimum Gasteiger partial charge on any atom is -0.480 e. The highest BCUT2D eigenvalue weighted by molar-refractivity contribution is 7.98. The van der Waals surface area contributed by atoms with E-state index in [0.717, 1.165) is 4.90 Å². The minimum atomic E-state index is -1.14. The quantitative estimate of drug-likeness (QED) is 0.552. The van der Waals surface area contributed by atoms with Crippen LogP contribution in [-0.4, -0.2) is 64.0 Å². The summed E-state index contributed by atoms with van der Waals surface area (Å²) in [6.45, 7) is 2.57. The number of urea groups is 1. The third-order valence-corrected chi connectivity index (χ3v) is 3.63. The van der Waals surface area contributed by atoms with Gasteiger partial charge in [0, 0.05) is 0 Å². The molecule has 1 aliphatic heterocycles. The lowest BCUT2D eigenvalue weighted by Crippen LogP contribution is -2.47. The number of thioether (sulfide) groups is 1. The van der Waals surface area contributed by atoms with E-state index in [0.29, 0.717) is 5.75 Å². The SMILES string of the molecule is CSCC[C@@H](NC(=O)CN1C(=O)NC(C)(C)C1=O)C(=O)O. The number of hydrogen-bond donors (Lipinski definition) is 3. The molecule has 0 spiro atoms. The lowest BCUT2D eigenvalue weighted by molar-refractivity contribution is -0.142. The molecule has 0 radical (unpaired) electrons. The number of amides is 4. The summed E-state index contributed by atoms with van der Waals surface area (Å²) in [6, 6.07) is -1.69. The Kier molecular flexibility index (Phi) is 5.59. The van der Waals surface area contributed by atoms with Gasteiger partial charge in [0.25, 0.3) is 5.91 Å². The highest BCUT2D eigenvalue weighted by Gasteiger charge is 2.45. The van der Waals surface area contributed by atoms with Crippen LogP contribution in [0.4, 0.5) is 4.79 Å². The molecule has 1 fully saturated rings. The Hall–Kier alpha value is -1.77. The molecule has 118 valence electrons. The molecule has 0 aromatic heterocycles. The summed E-state index contributed by atoms with van der Waals surface area (Å²) < 4.78 is 0. The fourth-order valence-corrected chi connectivity index (χ4v) is 2.31. The minimum absolute atomic E-state index is 0.272. The molecule has 1 saturated heterocycles. The molecule has 4 amide bonds. The molecule has 1 atom stereocenters. The van der Waals surface area contributed by atoms with Crippen molar-refractivity contribution >= 4 is 35.6 Å². The van der Waals surface area contributed by atoms with Crippen molar-refractivity contribution in [3.05, 3.63) is 0 Å². The van der Waals surface area contributed by atoms with E-state index in [-0.39, 0.29) is 6.42 Å². The van der Waals surface area contributed by atoms with Crippen LogP contribution in [0.25, 0.3) is 0 Å². The molecule has 0 aliphatic carbocycles. The Morgan fingerprint density at radius 3 is 2.48 bits per heavy atom. The van der Waals surface area contributed by atoms with Gasteiger partial charge in [-0.1, -0.05) is 0 Å². The fourth-order valence-electron chi connectivity index (χ4n) is 1.84. The summed E-state index contributed by atoms with van der Waals surface area (Å²) in [4.78, 5) is 47.2. The van der Waals surface area contributed by atoms with Crippen LogP contribution in [0.5, 0.6) is 0 Å². The molecule has 1 heterocycles. The Morgan fingerprint density at radius 2 is 2.05 bits per heavy atom. The zero-order valence-electron chi connectivity index (χ0n) is 12.1. The Bertz CT molecular complexity index is 466. The summed E-state index contributed by atoms with van der Waals surface area (Å²) >= 11 is 1.46. The highest BCUT2D eigenvalue weighted by atomic mass is 32.2. The van der Waals surface area contributed by atoms with Gasteiger partial charge in [0.2, 0.25) is 5.91 Å². The van der Waals surface area contributed by atoms with Crippen molar-refractivity contribution in [2.24, 2.45) is 0 Å². The van der Waals surface area contributed by atoms with Gasteiger partial charge in [-0.3, -0.25) is 14.5 Å². The average molecular weight is 317 g/mol. The molecule has 1 rings (SSSR count). The van der Waals surface area contributed by atoms with Gasteiger partial charge in [0.05, 0.1) is 0 Å². The number of hydrogen-bond acceptors (Lipinski definition) is 5. The van der Waals surface area contributed by atoms with Gasteiger partial charge in [-0.25, -0.2) is 9.59 Å². The predicted octanol–water partition coefficient (Wildman–Crippen LogP) is -0.361. The average Bonchev–Trinajstić information content (AvgIpc) is 2.56. The molecule has 0 aromatic rings. The van der Waals surface area contributed by atoms with Crippen LogP contribution < -0.4 is 10.6 Å². The number of aliphatic carboxylic acids is 1. The number of nitrogens with one attached hydrogen (secondary N) is 2. The van der Waals surface area contributed by atoms with Gasteiger partial charge in [-0.05, 0) is 32.3 Å². The number of nitrogens with zero attached hydrogens (tertiary/aromatic N) is 1. The van der Waals surface area contributed by atoms with Crippen LogP contribution in [0.3, 0.4) is 0 Å². The lowest BCUT2D eigenvalue weighted by Gasteiger charge is -2.18. The van der Waals surface area contributed by atoms with Crippen LogP contribution >= 0.6 is 11.8 Å². The summed E-state index contributed by atoms with van der Waals surface area (Å²) in [5, 5.41) is 13.8. The zero-order valence-corrected chi connectivity index (χ0v) is 13.0. The second-order valence-electron chi connectivity index (χ2n) is 5.19. The van der Waals surface area contributed by atoms with Crippen molar-refractivity contribution in [3.63, 3.8) is 0 Å². The van der Waals surface area contributed by atoms with Gasteiger partial charge in [0.1, 0.15) is 18.1 Å². The van der Waals surface area contributed by atoms with Gasteiger partial charge in [-0.2, -0.15) is 11.8 Å². The largest absolute Gasteiger partial charge is 0.480 e. The van der Waals surface area contributed by atoms with E-state index in [9.17, 15) is 19.2 Å². The predicted molar refractivity (Wildman–Crippen MR) is 76.9 cm³/mol. The van der Waals surface area contributed by atoms with Gasteiger partial charge >= 0.3 is 12.0 Å². The van der Waals surface area contributed by atoms with E-state index >= 15 is 0 Å². The van der Waals surface area contributed by atoms with Crippen molar-refractivity contribution in [1.29, 1.82) is 0 Å². The second kappa shape index (κ2) is 6.79. The lowest BCUT2D eigenvalue weighted by atomic mass is 10.1. The molecule has 0 unspecified atom stereocenters. The van der Waals surface area contributed by atoms with Gasteiger partial charge < -0.3 is 15.7 Å². The van der Waals surface area contributed by atoms with E-state index in [1.54, 1.807) is 0 Å². The number of imide groups is 1. The third kappa shape index (κ3) is 4.35. The Balaban J connectivity index is 2.62. The maximum atomic E-state index is 11.9. The molecular formula is C12H19N3O5S. The number of carbonyl (C=O) groups excluding carboxylic acids is 3. The molecule has 21 heavy (non-hydrogen) atoms. The van der Waals surface area contributed by atoms with Crippen LogP contribution in [-0.2, 0) is 14.4 Å². The summed E-state index contributed by atoms with van der Waals surface area (Å²) in [6.07, 6.45) is 2.10. The first-order valence-electron chi connectivity index (χ1n) is 6.34. The number of rotatable bonds is 7. The van der Waals surface area contributed by atoms with E-state index in [2.05, 4.69) is 10.6 Å². The van der Waals surface area contributed by atoms with Crippen molar-refractivity contribution < 1.29 is 24.3 Å². The smallest absolute Gasteiger partial charge is 0.326 e. The monoisotopic (exact) mass is 317 g/mol. The van der Waals surface area contributed by atoms with Crippen molar-refractivity contribution in [2.75, 3.05) is 18.6 Å². The first-order valence-corrected chi connectivity index (χ1v) is 7.73. The second-order valence-corrected chi connectivity index (χ2v) is 6.17. The van der Waals surface area contributed by atoms with Crippen LogP contribution in [0.2, 0.25) is 0 Å².